The Bertz CT molecular complexity index is 339. The van der Waals surface area contributed by atoms with Gasteiger partial charge < -0.3 is 5.32 Å². The fourth-order valence-corrected chi connectivity index (χ4v) is 3.06. The Morgan fingerprint density at radius 2 is 1.88 bits per heavy atom. The van der Waals surface area contributed by atoms with Crippen LogP contribution in [0.15, 0.2) is 30.3 Å². The number of rotatable bonds is 7. The maximum Gasteiger partial charge on any atom is 0.0436 e. The van der Waals surface area contributed by atoms with Gasteiger partial charge in [-0.2, -0.15) is 0 Å². The van der Waals surface area contributed by atoms with Crippen molar-refractivity contribution in [2.24, 2.45) is 0 Å². The minimum atomic E-state index is -0.759. The summed E-state index contributed by atoms with van der Waals surface area (Å²) in [4.78, 5) is 0. The van der Waals surface area contributed by atoms with E-state index >= 15 is 0 Å². The van der Waals surface area contributed by atoms with Crippen molar-refractivity contribution in [1.29, 1.82) is 0 Å². The van der Waals surface area contributed by atoms with Gasteiger partial charge in [0.25, 0.3) is 0 Å². The highest BCUT2D eigenvalue weighted by molar-refractivity contribution is 7.85. The zero-order valence-corrected chi connectivity index (χ0v) is 11.8. The van der Waals surface area contributed by atoms with E-state index < -0.39 is 10.8 Å². The number of hydrogen-bond acceptors (Lipinski definition) is 2. The SMILES string of the molecule is CCNC(CS(=O)C(C)CC)c1ccccc1. The molecule has 1 rings (SSSR count). The first-order valence-corrected chi connectivity index (χ1v) is 7.72. The molecule has 0 bridgehead atoms. The van der Waals surface area contributed by atoms with E-state index in [9.17, 15) is 4.21 Å². The van der Waals surface area contributed by atoms with Crippen molar-refractivity contribution in [2.75, 3.05) is 12.3 Å². The van der Waals surface area contributed by atoms with Crippen LogP contribution in [0, 0.1) is 0 Å². The largest absolute Gasteiger partial charge is 0.309 e. The van der Waals surface area contributed by atoms with Crippen LogP contribution in [0.2, 0.25) is 0 Å². The molecule has 17 heavy (non-hydrogen) atoms. The van der Waals surface area contributed by atoms with E-state index in [2.05, 4.69) is 38.2 Å². The molecule has 1 aromatic carbocycles. The molecule has 0 aliphatic carbocycles. The molecule has 0 heterocycles. The van der Waals surface area contributed by atoms with E-state index in [4.69, 9.17) is 0 Å². The van der Waals surface area contributed by atoms with Crippen LogP contribution in [-0.2, 0) is 10.8 Å². The van der Waals surface area contributed by atoms with Crippen LogP contribution in [-0.4, -0.2) is 21.8 Å². The molecule has 0 aliphatic rings. The second-order valence-electron chi connectivity index (χ2n) is 4.29. The van der Waals surface area contributed by atoms with Crippen LogP contribution in [0.1, 0.15) is 38.8 Å². The quantitative estimate of drug-likeness (QED) is 0.809. The molecular formula is C14H23NOS. The first-order chi connectivity index (χ1) is 8.19. The number of nitrogens with one attached hydrogen (secondary N) is 1. The second kappa shape index (κ2) is 7.62. The third-order valence-corrected chi connectivity index (χ3v) is 4.90. The van der Waals surface area contributed by atoms with Gasteiger partial charge in [-0.1, -0.05) is 51.1 Å². The first-order valence-electron chi connectivity index (χ1n) is 6.34. The van der Waals surface area contributed by atoms with Crippen molar-refractivity contribution < 1.29 is 4.21 Å². The monoisotopic (exact) mass is 253 g/mol. The molecule has 1 aromatic rings. The van der Waals surface area contributed by atoms with Crippen molar-refractivity contribution in [1.82, 2.24) is 5.32 Å². The van der Waals surface area contributed by atoms with Gasteiger partial charge in [-0.3, -0.25) is 4.21 Å². The molecule has 3 atom stereocenters. The lowest BCUT2D eigenvalue weighted by molar-refractivity contribution is 0.590. The topological polar surface area (TPSA) is 29.1 Å². The Balaban J connectivity index is 2.70. The lowest BCUT2D eigenvalue weighted by atomic mass is 10.1. The molecule has 0 fully saturated rings. The summed E-state index contributed by atoms with van der Waals surface area (Å²) in [5.74, 6) is 0.701. The molecule has 0 saturated heterocycles. The molecule has 0 spiro atoms. The van der Waals surface area contributed by atoms with Gasteiger partial charge in [-0.25, -0.2) is 0 Å². The van der Waals surface area contributed by atoms with E-state index in [1.54, 1.807) is 0 Å². The molecule has 2 nitrogen and oxygen atoms in total. The third-order valence-electron chi connectivity index (χ3n) is 3.01. The lowest BCUT2D eigenvalue weighted by Gasteiger charge is -2.19. The predicted molar refractivity (Wildman–Crippen MR) is 75.6 cm³/mol. The molecule has 0 amide bonds. The molecule has 0 aliphatic heterocycles. The van der Waals surface area contributed by atoms with Crippen molar-refractivity contribution in [3.05, 3.63) is 35.9 Å². The highest BCUT2D eigenvalue weighted by Gasteiger charge is 2.16. The Kier molecular flexibility index (Phi) is 6.45. The number of hydrogen-bond donors (Lipinski definition) is 1. The smallest absolute Gasteiger partial charge is 0.0436 e. The van der Waals surface area contributed by atoms with Gasteiger partial charge in [0.2, 0.25) is 0 Å². The Morgan fingerprint density at radius 3 is 2.41 bits per heavy atom. The van der Waals surface area contributed by atoms with E-state index in [0.29, 0.717) is 5.75 Å². The highest BCUT2D eigenvalue weighted by atomic mass is 32.2. The van der Waals surface area contributed by atoms with E-state index in [0.717, 1.165) is 13.0 Å². The predicted octanol–water partition coefficient (Wildman–Crippen LogP) is 2.88. The van der Waals surface area contributed by atoms with Crippen molar-refractivity contribution in [3.8, 4) is 0 Å². The molecular weight excluding hydrogens is 230 g/mol. The normalized spacial score (nSPS) is 16.4. The summed E-state index contributed by atoms with van der Waals surface area (Å²) in [5, 5.41) is 3.69. The van der Waals surface area contributed by atoms with E-state index in [-0.39, 0.29) is 11.3 Å². The minimum absolute atomic E-state index is 0.205. The Labute approximate surface area is 107 Å². The van der Waals surface area contributed by atoms with E-state index in [1.165, 1.54) is 5.56 Å². The van der Waals surface area contributed by atoms with Crippen molar-refractivity contribution in [3.63, 3.8) is 0 Å². The Morgan fingerprint density at radius 1 is 1.24 bits per heavy atom. The van der Waals surface area contributed by atoms with Crippen LogP contribution in [0.5, 0.6) is 0 Å². The summed E-state index contributed by atoms with van der Waals surface area (Å²) in [6, 6.07) is 10.5. The summed E-state index contributed by atoms with van der Waals surface area (Å²) >= 11 is 0. The van der Waals surface area contributed by atoms with Crippen LogP contribution in [0.25, 0.3) is 0 Å². The Hall–Kier alpha value is -0.670. The third kappa shape index (κ3) is 4.60. The molecule has 0 aromatic heterocycles. The van der Waals surface area contributed by atoms with Gasteiger partial charge in [0, 0.05) is 27.8 Å². The van der Waals surface area contributed by atoms with Gasteiger partial charge in [-0.15, -0.1) is 0 Å². The van der Waals surface area contributed by atoms with Gasteiger partial charge >= 0.3 is 0 Å². The molecule has 3 unspecified atom stereocenters. The summed E-state index contributed by atoms with van der Waals surface area (Å²) in [7, 11) is -0.759. The summed E-state index contributed by atoms with van der Waals surface area (Å²) in [5.41, 5.74) is 1.23. The first kappa shape index (κ1) is 14.4. The standard InChI is InChI=1S/C14H23NOS/c1-4-12(3)17(16)11-14(15-5-2)13-9-7-6-8-10-13/h6-10,12,14-15H,4-5,11H2,1-3H3. The van der Waals surface area contributed by atoms with Gasteiger partial charge in [0.15, 0.2) is 0 Å². The maximum atomic E-state index is 12.1. The average molecular weight is 253 g/mol. The van der Waals surface area contributed by atoms with Crippen LogP contribution in [0.3, 0.4) is 0 Å². The molecule has 3 heteroatoms. The second-order valence-corrected chi connectivity index (χ2v) is 6.19. The summed E-state index contributed by atoms with van der Waals surface area (Å²) in [6.07, 6.45) is 0.972. The van der Waals surface area contributed by atoms with Crippen LogP contribution >= 0.6 is 0 Å². The fourth-order valence-electron chi connectivity index (χ4n) is 1.72. The minimum Gasteiger partial charge on any atom is -0.309 e. The summed E-state index contributed by atoms with van der Waals surface area (Å²) in [6.45, 7) is 7.14. The fraction of sp³-hybridized carbons (Fsp3) is 0.571. The van der Waals surface area contributed by atoms with E-state index in [1.807, 2.05) is 18.2 Å². The van der Waals surface area contributed by atoms with Crippen LogP contribution < -0.4 is 5.32 Å². The lowest BCUT2D eigenvalue weighted by Crippen LogP contribution is -2.28. The average Bonchev–Trinajstić information content (AvgIpc) is 2.38. The van der Waals surface area contributed by atoms with Gasteiger partial charge in [-0.05, 0) is 18.5 Å². The van der Waals surface area contributed by atoms with Crippen LogP contribution in [0.4, 0.5) is 0 Å². The zero-order chi connectivity index (χ0) is 12.7. The van der Waals surface area contributed by atoms with Crippen molar-refractivity contribution in [2.45, 2.75) is 38.5 Å². The molecule has 96 valence electrons. The molecule has 1 N–H and O–H groups in total. The highest BCUT2D eigenvalue weighted by Crippen LogP contribution is 2.16. The van der Waals surface area contributed by atoms with Gasteiger partial charge in [0.1, 0.15) is 0 Å². The van der Waals surface area contributed by atoms with Crippen molar-refractivity contribution >= 4 is 10.8 Å². The maximum absolute atomic E-state index is 12.1. The van der Waals surface area contributed by atoms with Gasteiger partial charge in [0.05, 0.1) is 0 Å². The number of benzene rings is 1. The summed E-state index contributed by atoms with van der Waals surface area (Å²) < 4.78 is 12.1. The molecule has 0 saturated carbocycles. The zero-order valence-electron chi connectivity index (χ0n) is 11.0. The molecule has 0 radical (unpaired) electrons.